The van der Waals surface area contributed by atoms with Crippen LogP contribution in [-0.2, 0) is 27.7 Å². The average molecular weight is 358 g/mol. The van der Waals surface area contributed by atoms with Gasteiger partial charge in [0.25, 0.3) is 0 Å². The van der Waals surface area contributed by atoms with E-state index in [4.69, 9.17) is 10.4 Å². The Bertz CT molecular complexity index is 884. The van der Waals surface area contributed by atoms with E-state index in [-0.39, 0.29) is 17.9 Å². The molecule has 0 aliphatic heterocycles. The van der Waals surface area contributed by atoms with E-state index in [0.717, 1.165) is 11.1 Å². The van der Waals surface area contributed by atoms with Crippen LogP contribution in [-0.4, -0.2) is 26.0 Å². The Morgan fingerprint density at radius 2 is 1.80 bits per heavy atom. The molecule has 25 heavy (non-hydrogen) atoms. The fraction of sp³-hybridized carbons (Fsp3) is 0.222. The molecule has 0 aromatic heterocycles. The van der Waals surface area contributed by atoms with Crippen molar-refractivity contribution in [2.24, 2.45) is 0 Å². The van der Waals surface area contributed by atoms with E-state index in [1.807, 2.05) is 12.1 Å². The molecule has 7 heteroatoms. The van der Waals surface area contributed by atoms with Crippen LogP contribution in [0.4, 0.5) is 0 Å². The molecule has 0 saturated carbocycles. The Morgan fingerprint density at radius 3 is 2.44 bits per heavy atom. The van der Waals surface area contributed by atoms with Crippen LogP contribution in [0.15, 0.2) is 53.4 Å². The average Bonchev–Trinajstić information content (AvgIpc) is 2.60. The van der Waals surface area contributed by atoms with Gasteiger partial charge >= 0.3 is 5.97 Å². The van der Waals surface area contributed by atoms with Crippen LogP contribution in [0.1, 0.15) is 23.1 Å². The molecule has 0 saturated heterocycles. The second kappa shape index (κ2) is 8.42. The standard InChI is InChI=1S/C18H18N2O4S/c19-13-16-3-1-2-15(12-16)10-11-20-25(23,24)17-7-4-14(5-8-17)6-9-18(21)22/h1-5,7-8,12,20H,6,9-11H2,(H,21,22). The summed E-state index contributed by atoms with van der Waals surface area (Å²) < 4.78 is 27.1. The van der Waals surface area contributed by atoms with Crippen LogP contribution in [0.2, 0.25) is 0 Å². The van der Waals surface area contributed by atoms with Gasteiger partial charge in [0, 0.05) is 13.0 Å². The Morgan fingerprint density at radius 1 is 1.08 bits per heavy atom. The molecule has 0 radical (unpaired) electrons. The third-order valence-corrected chi connectivity index (χ3v) is 5.10. The largest absolute Gasteiger partial charge is 0.481 e. The summed E-state index contributed by atoms with van der Waals surface area (Å²) in [6.45, 7) is 0.220. The lowest BCUT2D eigenvalue weighted by Gasteiger charge is -2.08. The van der Waals surface area contributed by atoms with Crippen LogP contribution < -0.4 is 4.72 Å². The molecular weight excluding hydrogens is 340 g/mol. The van der Waals surface area contributed by atoms with Gasteiger partial charge < -0.3 is 5.11 Å². The number of carboxylic acid groups (broad SMARTS) is 1. The number of carboxylic acids is 1. The molecule has 2 aromatic carbocycles. The van der Waals surface area contributed by atoms with E-state index < -0.39 is 16.0 Å². The number of carbonyl (C=O) groups is 1. The molecule has 0 unspecified atom stereocenters. The smallest absolute Gasteiger partial charge is 0.303 e. The highest BCUT2D eigenvalue weighted by Gasteiger charge is 2.13. The monoisotopic (exact) mass is 358 g/mol. The number of sulfonamides is 1. The summed E-state index contributed by atoms with van der Waals surface area (Å²) in [5.41, 5.74) is 2.19. The van der Waals surface area contributed by atoms with E-state index in [1.165, 1.54) is 12.1 Å². The minimum Gasteiger partial charge on any atom is -0.481 e. The molecular formula is C18H18N2O4S. The number of aryl methyl sites for hydroxylation is 1. The van der Waals surface area contributed by atoms with Gasteiger partial charge in [-0.05, 0) is 48.2 Å². The van der Waals surface area contributed by atoms with Gasteiger partial charge in [-0.2, -0.15) is 5.26 Å². The lowest BCUT2D eigenvalue weighted by atomic mass is 10.1. The third-order valence-electron chi connectivity index (χ3n) is 3.62. The number of hydrogen-bond donors (Lipinski definition) is 2. The summed E-state index contributed by atoms with van der Waals surface area (Å²) in [4.78, 5) is 10.7. The number of nitriles is 1. The lowest BCUT2D eigenvalue weighted by Crippen LogP contribution is -2.26. The highest BCUT2D eigenvalue weighted by Crippen LogP contribution is 2.12. The zero-order valence-electron chi connectivity index (χ0n) is 13.5. The third kappa shape index (κ3) is 5.71. The SMILES string of the molecule is N#Cc1cccc(CCNS(=O)(=O)c2ccc(CCC(=O)O)cc2)c1. The second-order valence-corrected chi connectivity index (χ2v) is 7.26. The summed E-state index contributed by atoms with van der Waals surface area (Å²) in [5, 5.41) is 17.5. The number of benzene rings is 2. The van der Waals surface area contributed by atoms with Crippen molar-refractivity contribution in [3.63, 3.8) is 0 Å². The van der Waals surface area contributed by atoms with E-state index in [0.29, 0.717) is 18.4 Å². The van der Waals surface area contributed by atoms with Gasteiger partial charge in [0.2, 0.25) is 10.0 Å². The fourth-order valence-corrected chi connectivity index (χ4v) is 3.33. The first kappa shape index (κ1) is 18.6. The summed E-state index contributed by atoms with van der Waals surface area (Å²) in [5.74, 6) is -0.890. The van der Waals surface area contributed by atoms with Crippen LogP contribution in [0.3, 0.4) is 0 Å². The maximum absolute atomic E-state index is 12.3. The van der Waals surface area contributed by atoms with Crippen molar-refractivity contribution in [3.8, 4) is 6.07 Å². The minimum atomic E-state index is -3.63. The van der Waals surface area contributed by atoms with Gasteiger partial charge in [-0.15, -0.1) is 0 Å². The van der Waals surface area contributed by atoms with Gasteiger partial charge in [-0.1, -0.05) is 24.3 Å². The van der Waals surface area contributed by atoms with Crippen LogP contribution >= 0.6 is 0 Å². The first-order valence-corrected chi connectivity index (χ1v) is 9.18. The van der Waals surface area contributed by atoms with Crippen molar-refractivity contribution in [1.82, 2.24) is 4.72 Å². The zero-order valence-corrected chi connectivity index (χ0v) is 14.3. The lowest BCUT2D eigenvalue weighted by molar-refractivity contribution is -0.136. The van der Waals surface area contributed by atoms with Crippen molar-refractivity contribution in [2.45, 2.75) is 24.2 Å². The van der Waals surface area contributed by atoms with Gasteiger partial charge in [-0.25, -0.2) is 13.1 Å². The van der Waals surface area contributed by atoms with Crippen molar-refractivity contribution in [1.29, 1.82) is 5.26 Å². The van der Waals surface area contributed by atoms with E-state index >= 15 is 0 Å². The molecule has 0 bridgehead atoms. The maximum atomic E-state index is 12.3. The van der Waals surface area contributed by atoms with Gasteiger partial charge in [0.1, 0.15) is 0 Å². The van der Waals surface area contributed by atoms with Crippen LogP contribution in [0.5, 0.6) is 0 Å². The van der Waals surface area contributed by atoms with E-state index in [2.05, 4.69) is 4.72 Å². The molecule has 0 atom stereocenters. The number of hydrogen-bond acceptors (Lipinski definition) is 4. The second-order valence-electron chi connectivity index (χ2n) is 5.50. The first-order chi connectivity index (χ1) is 11.9. The van der Waals surface area contributed by atoms with Gasteiger partial charge in [0.05, 0.1) is 16.5 Å². The number of nitrogens with zero attached hydrogens (tertiary/aromatic N) is 1. The molecule has 2 aromatic rings. The van der Waals surface area contributed by atoms with Crippen molar-refractivity contribution in [2.75, 3.05) is 6.54 Å². The van der Waals surface area contributed by atoms with Crippen molar-refractivity contribution >= 4 is 16.0 Å². The molecule has 2 rings (SSSR count). The molecule has 2 N–H and O–H groups in total. The minimum absolute atomic E-state index is 0.00606. The van der Waals surface area contributed by atoms with Crippen molar-refractivity contribution in [3.05, 3.63) is 65.2 Å². The molecule has 0 aliphatic carbocycles. The molecule has 0 spiro atoms. The summed E-state index contributed by atoms with van der Waals surface area (Å²) >= 11 is 0. The molecule has 6 nitrogen and oxygen atoms in total. The Hall–Kier alpha value is -2.69. The first-order valence-electron chi connectivity index (χ1n) is 7.70. The number of nitrogens with one attached hydrogen (secondary N) is 1. The highest BCUT2D eigenvalue weighted by atomic mass is 32.2. The number of rotatable bonds is 8. The molecule has 130 valence electrons. The fourth-order valence-electron chi connectivity index (χ4n) is 2.30. The predicted octanol–water partition coefficient (Wildman–Crippen LogP) is 2.10. The maximum Gasteiger partial charge on any atom is 0.303 e. The normalized spacial score (nSPS) is 11.0. The molecule has 0 aliphatic rings. The Kier molecular flexibility index (Phi) is 6.28. The van der Waals surface area contributed by atoms with Crippen LogP contribution in [0, 0.1) is 11.3 Å². The topological polar surface area (TPSA) is 107 Å². The summed E-state index contributed by atoms with van der Waals surface area (Å²) in [7, 11) is -3.63. The van der Waals surface area contributed by atoms with E-state index in [9.17, 15) is 13.2 Å². The van der Waals surface area contributed by atoms with Crippen LogP contribution in [0.25, 0.3) is 0 Å². The molecule has 0 fully saturated rings. The summed E-state index contributed by atoms with van der Waals surface area (Å²) in [6.07, 6.45) is 0.843. The number of aliphatic carboxylic acids is 1. The van der Waals surface area contributed by atoms with Gasteiger partial charge in [0.15, 0.2) is 0 Å². The van der Waals surface area contributed by atoms with E-state index in [1.54, 1.807) is 30.3 Å². The van der Waals surface area contributed by atoms with Gasteiger partial charge in [-0.3, -0.25) is 4.79 Å². The zero-order chi connectivity index (χ0) is 18.3. The Labute approximate surface area is 146 Å². The summed E-state index contributed by atoms with van der Waals surface area (Å²) in [6, 6.07) is 15.2. The van der Waals surface area contributed by atoms with Crippen molar-refractivity contribution < 1.29 is 18.3 Å². The molecule has 0 heterocycles. The highest BCUT2D eigenvalue weighted by molar-refractivity contribution is 7.89. The molecule has 0 amide bonds. The Balaban J connectivity index is 1.94. The predicted molar refractivity (Wildman–Crippen MR) is 92.4 cm³/mol. The quantitative estimate of drug-likeness (QED) is 0.751.